The van der Waals surface area contributed by atoms with E-state index in [1.54, 1.807) is 0 Å². The Kier molecular flexibility index (Phi) is 3.48. The van der Waals surface area contributed by atoms with Gasteiger partial charge in [-0.25, -0.2) is 0 Å². The van der Waals surface area contributed by atoms with E-state index < -0.39 is 0 Å². The van der Waals surface area contributed by atoms with Crippen molar-refractivity contribution in [2.45, 2.75) is 38.0 Å². The normalized spacial score (nSPS) is 31.1. The molecule has 0 unspecified atom stereocenters. The second kappa shape index (κ2) is 5.38. The molecule has 2 fully saturated rings. The fourth-order valence-electron chi connectivity index (χ4n) is 4.66. The third-order valence-corrected chi connectivity index (χ3v) is 6.13. The first-order chi connectivity index (χ1) is 10.7. The summed E-state index contributed by atoms with van der Waals surface area (Å²) in [6.07, 6.45) is 4.71. The predicted octanol–water partition coefficient (Wildman–Crippen LogP) is 2.44. The van der Waals surface area contributed by atoms with Crippen LogP contribution in [-0.4, -0.2) is 48.4 Å². The van der Waals surface area contributed by atoms with Crippen LogP contribution in [0.3, 0.4) is 0 Å². The van der Waals surface area contributed by atoms with Crippen molar-refractivity contribution in [3.63, 3.8) is 0 Å². The molecule has 3 nitrogen and oxygen atoms in total. The molecule has 1 amide bonds. The van der Waals surface area contributed by atoms with Gasteiger partial charge in [0, 0.05) is 37.5 Å². The summed E-state index contributed by atoms with van der Waals surface area (Å²) in [6, 6.07) is 8.82. The van der Waals surface area contributed by atoms with Crippen molar-refractivity contribution in [2.24, 2.45) is 5.92 Å². The molecule has 4 rings (SSSR count). The molecule has 0 N–H and O–H groups in total. The fourth-order valence-corrected chi connectivity index (χ4v) is 4.66. The Bertz CT molecular complexity index is 577. The van der Waals surface area contributed by atoms with Gasteiger partial charge < -0.3 is 9.80 Å². The highest BCUT2D eigenvalue weighted by Gasteiger charge is 2.60. The Balaban J connectivity index is 1.49. The van der Waals surface area contributed by atoms with Gasteiger partial charge in [-0.2, -0.15) is 0 Å². The van der Waals surface area contributed by atoms with Crippen molar-refractivity contribution >= 4 is 5.91 Å². The molecule has 1 aromatic rings. The van der Waals surface area contributed by atoms with Crippen molar-refractivity contribution in [3.8, 4) is 0 Å². The molecule has 22 heavy (non-hydrogen) atoms. The van der Waals surface area contributed by atoms with Crippen molar-refractivity contribution in [1.82, 2.24) is 9.80 Å². The van der Waals surface area contributed by atoms with E-state index in [1.165, 1.54) is 30.4 Å². The van der Waals surface area contributed by atoms with Crippen LogP contribution in [0.5, 0.6) is 0 Å². The number of amides is 1. The average molecular weight is 298 g/mol. The lowest BCUT2D eigenvalue weighted by atomic mass is 9.78. The zero-order valence-electron chi connectivity index (χ0n) is 13.6. The molecule has 1 aromatic carbocycles. The largest absolute Gasteiger partial charge is 0.340 e. The molecular weight excluding hydrogens is 272 g/mol. The molecule has 1 aliphatic heterocycles. The summed E-state index contributed by atoms with van der Waals surface area (Å²) in [5.41, 5.74) is 3.15. The van der Waals surface area contributed by atoms with E-state index in [1.807, 2.05) is 0 Å². The maximum Gasteiger partial charge on any atom is 0.226 e. The van der Waals surface area contributed by atoms with Crippen LogP contribution < -0.4 is 0 Å². The summed E-state index contributed by atoms with van der Waals surface area (Å²) < 4.78 is 0. The lowest BCUT2D eigenvalue weighted by Gasteiger charge is -2.35. The van der Waals surface area contributed by atoms with Gasteiger partial charge in [0.1, 0.15) is 0 Å². The van der Waals surface area contributed by atoms with Crippen molar-refractivity contribution in [1.29, 1.82) is 0 Å². The van der Waals surface area contributed by atoms with Crippen LogP contribution in [0.15, 0.2) is 24.3 Å². The lowest BCUT2D eigenvalue weighted by Crippen LogP contribution is -2.49. The minimum absolute atomic E-state index is 0.188. The monoisotopic (exact) mass is 298 g/mol. The van der Waals surface area contributed by atoms with Gasteiger partial charge in [-0.1, -0.05) is 31.2 Å². The molecule has 0 radical (unpaired) electrons. The number of carbonyl (C=O) groups is 1. The van der Waals surface area contributed by atoms with Crippen LogP contribution in [0.25, 0.3) is 0 Å². The molecule has 118 valence electrons. The maximum atomic E-state index is 12.9. The number of nitrogens with zero attached hydrogens (tertiary/aromatic N) is 2. The first kappa shape index (κ1) is 14.3. The van der Waals surface area contributed by atoms with E-state index in [2.05, 4.69) is 41.0 Å². The Morgan fingerprint density at radius 3 is 2.77 bits per heavy atom. The molecular formula is C19H26N2O. The highest BCUT2D eigenvalue weighted by Crippen LogP contribution is 2.60. The number of carbonyl (C=O) groups excluding carboxylic acids is 1. The fraction of sp³-hybridized carbons (Fsp3) is 0.632. The van der Waals surface area contributed by atoms with Gasteiger partial charge in [-0.05, 0) is 43.4 Å². The smallest absolute Gasteiger partial charge is 0.226 e. The molecule has 2 aliphatic carbocycles. The summed E-state index contributed by atoms with van der Waals surface area (Å²) in [5, 5.41) is 0. The van der Waals surface area contributed by atoms with Crippen LogP contribution >= 0.6 is 0 Å². The lowest BCUT2D eigenvalue weighted by molar-refractivity contribution is -0.134. The van der Waals surface area contributed by atoms with Crippen LogP contribution in [0.1, 0.15) is 37.3 Å². The third kappa shape index (κ3) is 2.18. The Morgan fingerprint density at radius 2 is 2.00 bits per heavy atom. The van der Waals surface area contributed by atoms with Crippen molar-refractivity contribution in [3.05, 3.63) is 35.4 Å². The van der Waals surface area contributed by atoms with Crippen LogP contribution in [-0.2, 0) is 16.6 Å². The Hall–Kier alpha value is -1.35. The Morgan fingerprint density at radius 1 is 1.23 bits per heavy atom. The van der Waals surface area contributed by atoms with Gasteiger partial charge in [-0.15, -0.1) is 0 Å². The van der Waals surface area contributed by atoms with E-state index in [-0.39, 0.29) is 11.3 Å². The average Bonchev–Trinajstić information content (AvgIpc) is 3.29. The van der Waals surface area contributed by atoms with Crippen LogP contribution in [0.2, 0.25) is 0 Å². The number of likely N-dealkylation sites (N-methyl/N-ethyl adjacent to an activating group) is 1. The van der Waals surface area contributed by atoms with E-state index in [0.717, 1.165) is 39.1 Å². The predicted molar refractivity (Wildman–Crippen MR) is 87.9 cm³/mol. The molecule has 3 heteroatoms. The van der Waals surface area contributed by atoms with E-state index in [4.69, 9.17) is 0 Å². The van der Waals surface area contributed by atoms with Gasteiger partial charge in [0.25, 0.3) is 0 Å². The number of aryl methyl sites for hydroxylation is 1. The topological polar surface area (TPSA) is 23.6 Å². The minimum Gasteiger partial charge on any atom is -0.340 e. The number of fused-ring (bicyclic) bond motifs is 2. The van der Waals surface area contributed by atoms with Gasteiger partial charge in [0.15, 0.2) is 0 Å². The molecule has 2 atom stereocenters. The Labute approximate surface area is 133 Å². The van der Waals surface area contributed by atoms with Gasteiger partial charge in [0.05, 0.1) is 0 Å². The first-order valence-corrected chi connectivity index (χ1v) is 8.84. The summed E-state index contributed by atoms with van der Waals surface area (Å²) in [6.45, 7) is 7.22. The molecule has 0 bridgehead atoms. The molecule has 1 saturated carbocycles. The summed E-state index contributed by atoms with van der Waals surface area (Å²) in [7, 11) is 0. The summed E-state index contributed by atoms with van der Waals surface area (Å²) in [4.78, 5) is 17.5. The first-order valence-electron chi connectivity index (χ1n) is 8.84. The minimum atomic E-state index is 0.188. The quantitative estimate of drug-likeness (QED) is 0.837. The zero-order valence-corrected chi connectivity index (χ0v) is 13.6. The standard InChI is InChI=1S/C19H26N2O/c1-2-20-10-12-21(13-11-20)18(22)17-14-19(17)9-5-7-15-6-3-4-8-16(15)19/h3-4,6,8,17H,2,5,7,9-14H2,1H3/t17-,19-/m0/s1. The molecule has 0 aromatic heterocycles. The number of rotatable bonds is 2. The number of hydrogen-bond acceptors (Lipinski definition) is 2. The van der Waals surface area contributed by atoms with Gasteiger partial charge in [-0.3, -0.25) is 4.79 Å². The number of benzene rings is 1. The van der Waals surface area contributed by atoms with Crippen LogP contribution in [0.4, 0.5) is 0 Å². The SMILES string of the molecule is CCN1CCN(C(=O)[C@@H]2C[C@]23CCCc2ccccc23)CC1. The highest BCUT2D eigenvalue weighted by atomic mass is 16.2. The van der Waals surface area contributed by atoms with E-state index in [0.29, 0.717) is 5.91 Å². The molecule has 1 spiro atoms. The third-order valence-electron chi connectivity index (χ3n) is 6.13. The maximum absolute atomic E-state index is 12.9. The highest BCUT2D eigenvalue weighted by molar-refractivity contribution is 5.85. The van der Waals surface area contributed by atoms with Gasteiger partial charge >= 0.3 is 0 Å². The molecule has 3 aliphatic rings. The summed E-state index contributed by atoms with van der Waals surface area (Å²) >= 11 is 0. The second-order valence-electron chi connectivity index (χ2n) is 7.18. The number of piperazine rings is 1. The van der Waals surface area contributed by atoms with Crippen molar-refractivity contribution in [2.75, 3.05) is 32.7 Å². The van der Waals surface area contributed by atoms with Crippen LogP contribution in [0, 0.1) is 5.92 Å². The summed E-state index contributed by atoms with van der Waals surface area (Å²) in [5.74, 6) is 0.676. The molecule has 1 saturated heterocycles. The molecule has 1 heterocycles. The van der Waals surface area contributed by atoms with E-state index in [9.17, 15) is 4.79 Å². The van der Waals surface area contributed by atoms with Crippen molar-refractivity contribution < 1.29 is 4.79 Å². The zero-order chi connectivity index (χ0) is 15.2. The van der Waals surface area contributed by atoms with Gasteiger partial charge in [0.2, 0.25) is 5.91 Å². The second-order valence-corrected chi connectivity index (χ2v) is 7.18. The van der Waals surface area contributed by atoms with E-state index >= 15 is 0 Å². The number of hydrogen-bond donors (Lipinski definition) is 0.